The summed E-state index contributed by atoms with van der Waals surface area (Å²) in [6.45, 7) is 4.71. The second-order valence-corrected chi connectivity index (χ2v) is 5.44. The third-order valence-electron chi connectivity index (χ3n) is 3.24. The van der Waals surface area contributed by atoms with Crippen molar-refractivity contribution in [2.75, 3.05) is 5.73 Å². The fraction of sp³-hybridized carbons (Fsp3) is 0.571. The summed E-state index contributed by atoms with van der Waals surface area (Å²) in [6, 6.07) is 5.52. The SMILES string of the molecule is CC1CC(OCc2ccc(Cl)cc2N)CC(C)O1. The Hall–Kier alpha value is -0.770. The van der Waals surface area contributed by atoms with Gasteiger partial charge < -0.3 is 15.2 Å². The van der Waals surface area contributed by atoms with E-state index in [0.717, 1.165) is 18.4 Å². The number of nitrogens with two attached hydrogens (primary N) is 1. The van der Waals surface area contributed by atoms with Crippen LogP contribution in [0, 0.1) is 0 Å². The van der Waals surface area contributed by atoms with Crippen molar-refractivity contribution >= 4 is 17.3 Å². The van der Waals surface area contributed by atoms with E-state index >= 15 is 0 Å². The molecule has 1 saturated heterocycles. The Morgan fingerprint density at radius 3 is 2.61 bits per heavy atom. The highest BCUT2D eigenvalue weighted by Crippen LogP contribution is 2.24. The lowest BCUT2D eigenvalue weighted by Gasteiger charge is -2.32. The molecule has 2 atom stereocenters. The number of benzene rings is 1. The fourth-order valence-electron chi connectivity index (χ4n) is 2.39. The zero-order chi connectivity index (χ0) is 13.1. The number of nitrogen functional groups attached to an aromatic ring is 1. The molecule has 3 nitrogen and oxygen atoms in total. The van der Waals surface area contributed by atoms with Gasteiger partial charge in [-0.3, -0.25) is 0 Å². The first-order valence-electron chi connectivity index (χ1n) is 6.35. The maximum absolute atomic E-state index is 5.93. The minimum Gasteiger partial charge on any atom is -0.398 e. The molecule has 0 radical (unpaired) electrons. The van der Waals surface area contributed by atoms with Crippen molar-refractivity contribution in [3.8, 4) is 0 Å². The predicted octanol–water partition coefficient (Wildman–Crippen LogP) is 3.39. The Kier molecular flexibility index (Phi) is 4.49. The topological polar surface area (TPSA) is 44.5 Å². The summed E-state index contributed by atoms with van der Waals surface area (Å²) >= 11 is 5.87. The lowest BCUT2D eigenvalue weighted by atomic mass is 10.0. The molecule has 0 saturated carbocycles. The second kappa shape index (κ2) is 5.91. The molecule has 1 aliphatic rings. The second-order valence-electron chi connectivity index (χ2n) is 5.00. The molecule has 2 N–H and O–H groups in total. The van der Waals surface area contributed by atoms with Crippen LogP contribution in [0.2, 0.25) is 5.02 Å². The Balaban J connectivity index is 1.91. The van der Waals surface area contributed by atoms with Crippen molar-refractivity contribution in [2.45, 2.75) is 51.6 Å². The van der Waals surface area contributed by atoms with Gasteiger partial charge in [0.05, 0.1) is 24.9 Å². The van der Waals surface area contributed by atoms with E-state index in [9.17, 15) is 0 Å². The molecule has 1 aliphatic heterocycles. The average molecular weight is 270 g/mol. The maximum Gasteiger partial charge on any atom is 0.0740 e. The summed E-state index contributed by atoms with van der Waals surface area (Å²) < 4.78 is 11.6. The van der Waals surface area contributed by atoms with Gasteiger partial charge >= 0.3 is 0 Å². The number of hydrogen-bond acceptors (Lipinski definition) is 3. The van der Waals surface area contributed by atoms with Crippen molar-refractivity contribution in [1.29, 1.82) is 0 Å². The Labute approximate surface area is 113 Å². The third-order valence-corrected chi connectivity index (χ3v) is 3.47. The first-order valence-corrected chi connectivity index (χ1v) is 6.73. The van der Waals surface area contributed by atoms with Crippen molar-refractivity contribution in [2.24, 2.45) is 0 Å². The van der Waals surface area contributed by atoms with Crippen LogP contribution >= 0.6 is 11.6 Å². The first-order chi connectivity index (χ1) is 8.54. The third kappa shape index (κ3) is 3.61. The van der Waals surface area contributed by atoms with Gasteiger partial charge in [-0.05, 0) is 38.8 Å². The van der Waals surface area contributed by atoms with Crippen molar-refractivity contribution in [1.82, 2.24) is 0 Å². The van der Waals surface area contributed by atoms with Crippen molar-refractivity contribution in [3.63, 3.8) is 0 Å². The molecule has 0 aliphatic carbocycles. The molecule has 4 heteroatoms. The van der Waals surface area contributed by atoms with Gasteiger partial charge in [-0.15, -0.1) is 0 Å². The van der Waals surface area contributed by atoms with E-state index < -0.39 is 0 Å². The van der Waals surface area contributed by atoms with E-state index in [1.165, 1.54) is 0 Å². The zero-order valence-electron chi connectivity index (χ0n) is 10.9. The molecule has 2 rings (SSSR count). The summed E-state index contributed by atoms with van der Waals surface area (Å²) in [5.41, 5.74) is 7.58. The monoisotopic (exact) mass is 269 g/mol. The van der Waals surface area contributed by atoms with Gasteiger partial charge in [-0.25, -0.2) is 0 Å². The lowest BCUT2D eigenvalue weighted by Crippen LogP contribution is -2.34. The highest BCUT2D eigenvalue weighted by molar-refractivity contribution is 6.30. The fourth-order valence-corrected chi connectivity index (χ4v) is 2.57. The van der Waals surface area contributed by atoms with Crippen LogP contribution in [0.25, 0.3) is 0 Å². The molecule has 0 aromatic heterocycles. The highest BCUT2D eigenvalue weighted by atomic mass is 35.5. The van der Waals surface area contributed by atoms with E-state index in [0.29, 0.717) is 17.3 Å². The molecule has 1 fully saturated rings. The summed E-state index contributed by atoms with van der Waals surface area (Å²) in [6.07, 6.45) is 2.66. The van der Waals surface area contributed by atoms with E-state index in [-0.39, 0.29) is 18.3 Å². The van der Waals surface area contributed by atoms with Gasteiger partial charge in [0.25, 0.3) is 0 Å². The van der Waals surface area contributed by atoms with Crippen LogP contribution in [-0.2, 0) is 16.1 Å². The Bertz CT molecular complexity index is 401. The molecule has 0 bridgehead atoms. The van der Waals surface area contributed by atoms with Crippen LogP contribution in [0.3, 0.4) is 0 Å². The smallest absolute Gasteiger partial charge is 0.0740 e. The van der Waals surface area contributed by atoms with Gasteiger partial charge in [0.2, 0.25) is 0 Å². The number of anilines is 1. The largest absolute Gasteiger partial charge is 0.398 e. The standard InChI is InChI=1S/C14H20ClNO2/c1-9-5-13(6-10(2)18-9)17-8-11-3-4-12(15)7-14(11)16/h3-4,7,9-10,13H,5-6,8,16H2,1-2H3. The molecule has 1 aromatic carbocycles. The summed E-state index contributed by atoms with van der Waals surface area (Å²) in [5, 5.41) is 0.657. The minimum atomic E-state index is 0.249. The molecule has 1 heterocycles. The molecule has 2 unspecified atom stereocenters. The van der Waals surface area contributed by atoms with Crippen LogP contribution in [0.5, 0.6) is 0 Å². The molecule has 18 heavy (non-hydrogen) atoms. The number of halogens is 1. The van der Waals surface area contributed by atoms with Crippen LogP contribution in [0.4, 0.5) is 5.69 Å². The Morgan fingerprint density at radius 1 is 1.33 bits per heavy atom. The number of rotatable bonds is 3. The van der Waals surface area contributed by atoms with Gasteiger partial charge in [-0.2, -0.15) is 0 Å². The van der Waals surface area contributed by atoms with Crippen LogP contribution in [0.1, 0.15) is 32.3 Å². The first kappa shape index (κ1) is 13.7. The normalized spacial score (nSPS) is 28.3. The van der Waals surface area contributed by atoms with Crippen LogP contribution < -0.4 is 5.73 Å². The minimum absolute atomic E-state index is 0.249. The van der Waals surface area contributed by atoms with Gasteiger partial charge in [0, 0.05) is 16.3 Å². The quantitative estimate of drug-likeness (QED) is 0.856. The van der Waals surface area contributed by atoms with Gasteiger partial charge in [0.1, 0.15) is 0 Å². The van der Waals surface area contributed by atoms with E-state index in [2.05, 4.69) is 13.8 Å². The molecule has 0 spiro atoms. The van der Waals surface area contributed by atoms with Crippen LogP contribution in [0.15, 0.2) is 18.2 Å². The Morgan fingerprint density at radius 2 is 2.00 bits per heavy atom. The zero-order valence-corrected chi connectivity index (χ0v) is 11.6. The van der Waals surface area contributed by atoms with Crippen molar-refractivity contribution < 1.29 is 9.47 Å². The van der Waals surface area contributed by atoms with Gasteiger partial charge in [-0.1, -0.05) is 17.7 Å². The number of ether oxygens (including phenoxy) is 2. The van der Waals surface area contributed by atoms with Crippen LogP contribution in [-0.4, -0.2) is 18.3 Å². The number of hydrogen-bond donors (Lipinski definition) is 1. The van der Waals surface area contributed by atoms with E-state index in [1.807, 2.05) is 12.1 Å². The summed E-state index contributed by atoms with van der Waals surface area (Å²) in [5.74, 6) is 0. The molecular formula is C14H20ClNO2. The van der Waals surface area contributed by atoms with E-state index in [1.54, 1.807) is 6.07 Å². The lowest BCUT2D eigenvalue weighted by molar-refractivity contribution is -0.106. The predicted molar refractivity (Wildman–Crippen MR) is 73.7 cm³/mol. The molecular weight excluding hydrogens is 250 g/mol. The molecule has 1 aromatic rings. The summed E-state index contributed by atoms with van der Waals surface area (Å²) in [7, 11) is 0. The molecule has 0 amide bonds. The highest BCUT2D eigenvalue weighted by Gasteiger charge is 2.24. The summed E-state index contributed by atoms with van der Waals surface area (Å²) in [4.78, 5) is 0. The van der Waals surface area contributed by atoms with E-state index in [4.69, 9.17) is 26.8 Å². The average Bonchev–Trinajstić information content (AvgIpc) is 2.26. The van der Waals surface area contributed by atoms with Crippen molar-refractivity contribution in [3.05, 3.63) is 28.8 Å². The molecule has 100 valence electrons. The van der Waals surface area contributed by atoms with Gasteiger partial charge in [0.15, 0.2) is 0 Å². The maximum atomic E-state index is 5.93.